The topological polar surface area (TPSA) is 79.8 Å². The maximum atomic E-state index is 12.4. The van der Waals surface area contributed by atoms with Gasteiger partial charge < -0.3 is 14.5 Å². The Kier molecular flexibility index (Phi) is 6.37. The fourth-order valence-electron chi connectivity index (χ4n) is 3.41. The molecule has 2 amide bonds. The molecule has 8 heteroatoms. The number of carbonyl (C=O) groups excluding carboxylic acids is 3. The number of carbonyl (C=O) groups is 3. The molecule has 0 N–H and O–H groups in total. The van der Waals surface area contributed by atoms with E-state index in [0.717, 1.165) is 16.5 Å². The van der Waals surface area contributed by atoms with Crippen LogP contribution in [-0.2, 0) is 14.3 Å². The lowest BCUT2D eigenvalue weighted by Gasteiger charge is -2.34. The van der Waals surface area contributed by atoms with E-state index in [9.17, 15) is 14.4 Å². The van der Waals surface area contributed by atoms with E-state index in [2.05, 4.69) is 4.98 Å². The molecule has 1 saturated heterocycles. The van der Waals surface area contributed by atoms with Crippen molar-refractivity contribution in [3.8, 4) is 0 Å². The number of hydrogen-bond acceptors (Lipinski definition) is 6. The summed E-state index contributed by atoms with van der Waals surface area (Å²) in [5.74, 6) is -0.869. The molecule has 0 aliphatic carbocycles. The molecule has 4 rings (SSSR count). The van der Waals surface area contributed by atoms with E-state index in [0.29, 0.717) is 31.1 Å². The lowest BCUT2D eigenvalue weighted by atomic mass is 10.1. The first-order valence-corrected chi connectivity index (χ1v) is 10.8. The summed E-state index contributed by atoms with van der Waals surface area (Å²) in [6, 6.07) is 13.1. The van der Waals surface area contributed by atoms with E-state index in [-0.39, 0.29) is 18.4 Å². The number of esters is 1. The van der Waals surface area contributed by atoms with E-state index in [1.807, 2.05) is 41.8 Å². The average Bonchev–Trinajstić information content (AvgIpc) is 3.36. The minimum atomic E-state index is -0.590. The molecule has 0 bridgehead atoms. The van der Waals surface area contributed by atoms with Crippen LogP contribution >= 0.6 is 11.3 Å². The molecule has 7 nitrogen and oxygen atoms in total. The van der Waals surface area contributed by atoms with Crippen LogP contribution in [0.3, 0.4) is 0 Å². The minimum absolute atomic E-state index is 0.0124. The number of para-hydroxylation sites is 1. The Labute approximate surface area is 183 Å². The number of rotatable bonds is 5. The Morgan fingerprint density at radius 2 is 1.77 bits per heavy atom. The second-order valence-electron chi connectivity index (χ2n) is 7.01. The Hall–Kier alpha value is -3.52. The molecule has 1 aliphatic rings. The quantitative estimate of drug-likeness (QED) is 0.455. The van der Waals surface area contributed by atoms with Gasteiger partial charge in [0.1, 0.15) is 0 Å². The van der Waals surface area contributed by atoms with Crippen LogP contribution in [0.25, 0.3) is 17.0 Å². The van der Waals surface area contributed by atoms with Gasteiger partial charge in [-0.3, -0.25) is 14.6 Å². The van der Waals surface area contributed by atoms with E-state index < -0.39 is 5.97 Å². The Morgan fingerprint density at radius 1 is 1.00 bits per heavy atom. The Bertz CT molecular complexity index is 1110. The molecule has 0 radical (unpaired) electrons. The average molecular weight is 436 g/mol. The standard InChI is InChI=1S/C23H21N3O4S/c27-20(25-11-13-26(14-12-25)23(29)19-7-3-15-31-19)16-30-21(28)9-8-18-5-1-4-17-6-2-10-24-22(17)18/h1-10,15H,11-14,16H2/b9-8+. The summed E-state index contributed by atoms with van der Waals surface area (Å²) >= 11 is 1.41. The van der Waals surface area contributed by atoms with Crippen molar-refractivity contribution in [1.29, 1.82) is 0 Å². The Balaban J connectivity index is 1.26. The van der Waals surface area contributed by atoms with Crippen LogP contribution in [0.2, 0.25) is 0 Å². The van der Waals surface area contributed by atoms with Gasteiger partial charge in [0.05, 0.1) is 10.4 Å². The molecule has 1 aliphatic heterocycles. The molecule has 0 spiro atoms. The maximum Gasteiger partial charge on any atom is 0.331 e. The van der Waals surface area contributed by atoms with Gasteiger partial charge in [0.2, 0.25) is 0 Å². The van der Waals surface area contributed by atoms with Crippen LogP contribution in [0.15, 0.2) is 60.1 Å². The van der Waals surface area contributed by atoms with Gasteiger partial charge in [-0.1, -0.05) is 30.3 Å². The second kappa shape index (κ2) is 9.53. The molecule has 1 fully saturated rings. The summed E-state index contributed by atoms with van der Waals surface area (Å²) < 4.78 is 5.11. The third-order valence-electron chi connectivity index (χ3n) is 5.05. The van der Waals surface area contributed by atoms with Gasteiger partial charge in [0.15, 0.2) is 6.61 Å². The normalized spacial score (nSPS) is 14.2. The lowest BCUT2D eigenvalue weighted by Crippen LogP contribution is -2.51. The summed E-state index contributed by atoms with van der Waals surface area (Å²) in [6.45, 7) is 1.45. The number of pyridine rings is 1. The van der Waals surface area contributed by atoms with Gasteiger partial charge in [-0.25, -0.2) is 4.79 Å². The molecular formula is C23H21N3O4S. The largest absolute Gasteiger partial charge is 0.452 e. The highest BCUT2D eigenvalue weighted by molar-refractivity contribution is 7.12. The van der Waals surface area contributed by atoms with Gasteiger partial charge in [-0.15, -0.1) is 11.3 Å². The number of ether oxygens (including phenoxy) is 1. The molecule has 0 unspecified atom stereocenters. The highest BCUT2D eigenvalue weighted by atomic mass is 32.1. The van der Waals surface area contributed by atoms with E-state index >= 15 is 0 Å². The van der Waals surface area contributed by atoms with Crippen molar-refractivity contribution in [3.63, 3.8) is 0 Å². The van der Waals surface area contributed by atoms with Gasteiger partial charge in [0, 0.05) is 49.4 Å². The maximum absolute atomic E-state index is 12.4. The first-order valence-electron chi connectivity index (χ1n) is 9.91. The second-order valence-corrected chi connectivity index (χ2v) is 7.96. The van der Waals surface area contributed by atoms with Crippen molar-refractivity contribution in [3.05, 3.63) is 70.6 Å². The predicted octanol–water partition coefficient (Wildman–Crippen LogP) is 2.84. The van der Waals surface area contributed by atoms with Crippen LogP contribution in [0.5, 0.6) is 0 Å². The van der Waals surface area contributed by atoms with Gasteiger partial charge in [-0.2, -0.15) is 0 Å². The molecule has 0 atom stereocenters. The highest BCUT2D eigenvalue weighted by Crippen LogP contribution is 2.17. The molecule has 158 valence electrons. The van der Waals surface area contributed by atoms with Crippen LogP contribution in [-0.4, -0.2) is 65.4 Å². The van der Waals surface area contributed by atoms with Gasteiger partial charge in [-0.05, 0) is 23.6 Å². The lowest BCUT2D eigenvalue weighted by molar-refractivity contribution is -0.148. The van der Waals surface area contributed by atoms with Crippen molar-refractivity contribution in [2.45, 2.75) is 0 Å². The SMILES string of the molecule is O=C(/C=C/c1cccc2cccnc12)OCC(=O)N1CCN(C(=O)c2cccs2)CC1. The van der Waals surface area contributed by atoms with Gasteiger partial charge >= 0.3 is 5.97 Å². The molecular weight excluding hydrogens is 414 g/mol. The smallest absolute Gasteiger partial charge is 0.331 e. The van der Waals surface area contributed by atoms with Crippen molar-refractivity contribution in [2.24, 2.45) is 0 Å². The molecule has 31 heavy (non-hydrogen) atoms. The molecule has 3 aromatic rings. The fourth-order valence-corrected chi connectivity index (χ4v) is 4.10. The molecule has 0 saturated carbocycles. The van der Waals surface area contributed by atoms with Gasteiger partial charge in [0.25, 0.3) is 11.8 Å². The van der Waals surface area contributed by atoms with Crippen molar-refractivity contribution < 1.29 is 19.1 Å². The summed E-state index contributed by atoms with van der Waals surface area (Å²) in [7, 11) is 0. The number of aromatic nitrogens is 1. The third-order valence-corrected chi connectivity index (χ3v) is 5.91. The van der Waals surface area contributed by atoms with E-state index in [1.54, 1.807) is 28.1 Å². The monoisotopic (exact) mass is 435 g/mol. The van der Waals surface area contributed by atoms with Crippen LogP contribution in [0, 0.1) is 0 Å². The predicted molar refractivity (Wildman–Crippen MR) is 119 cm³/mol. The highest BCUT2D eigenvalue weighted by Gasteiger charge is 2.25. The van der Waals surface area contributed by atoms with Crippen LogP contribution in [0.4, 0.5) is 0 Å². The van der Waals surface area contributed by atoms with Crippen molar-refractivity contribution in [2.75, 3.05) is 32.8 Å². The number of amides is 2. The number of nitrogens with zero attached hydrogens (tertiary/aromatic N) is 3. The molecule has 2 aromatic heterocycles. The van der Waals surface area contributed by atoms with Crippen LogP contribution < -0.4 is 0 Å². The zero-order chi connectivity index (χ0) is 21.6. The summed E-state index contributed by atoms with van der Waals surface area (Å²) in [5, 5.41) is 2.84. The van der Waals surface area contributed by atoms with Crippen LogP contribution in [0.1, 0.15) is 15.2 Å². The fraction of sp³-hybridized carbons (Fsp3) is 0.217. The number of thiophene rings is 1. The summed E-state index contributed by atoms with van der Waals surface area (Å²) in [6.07, 6.45) is 4.63. The van der Waals surface area contributed by atoms with Crippen molar-refractivity contribution in [1.82, 2.24) is 14.8 Å². The van der Waals surface area contributed by atoms with Crippen molar-refractivity contribution >= 4 is 46.1 Å². The van der Waals surface area contributed by atoms with E-state index in [4.69, 9.17) is 4.74 Å². The summed E-state index contributed by atoms with van der Waals surface area (Å²) in [5.41, 5.74) is 1.59. The Morgan fingerprint density at radius 3 is 2.55 bits per heavy atom. The number of benzene rings is 1. The number of fused-ring (bicyclic) bond motifs is 1. The first-order chi connectivity index (χ1) is 15.1. The summed E-state index contributed by atoms with van der Waals surface area (Å²) in [4.78, 5) is 45.2. The molecule has 3 heterocycles. The zero-order valence-corrected chi connectivity index (χ0v) is 17.6. The number of piperazine rings is 1. The van der Waals surface area contributed by atoms with E-state index in [1.165, 1.54) is 17.4 Å². The zero-order valence-electron chi connectivity index (χ0n) is 16.8. The number of hydrogen-bond donors (Lipinski definition) is 0. The third kappa shape index (κ3) is 4.97. The first kappa shape index (κ1) is 20.7. The minimum Gasteiger partial charge on any atom is -0.452 e. The molecule has 1 aromatic carbocycles.